The van der Waals surface area contributed by atoms with E-state index in [2.05, 4.69) is 22.4 Å². The van der Waals surface area contributed by atoms with Crippen molar-refractivity contribution in [2.75, 3.05) is 6.61 Å². The van der Waals surface area contributed by atoms with Crippen molar-refractivity contribution in [3.05, 3.63) is 48.2 Å². The average molecular weight is 284 g/mol. The molecule has 0 saturated heterocycles. The maximum absolute atomic E-state index is 12.0. The number of hydrogen-bond donors (Lipinski definition) is 3. The zero-order chi connectivity index (χ0) is 14.7. The van der Waals surface area contributed by atoms with E-state index in [0.29, 0.717) is 6.42 Å². The van der Waals surface area contributed by atoms with Gasteiger partial charge in [-0.1, -0.05) is 18.2 Å². The van der Waals surface area contributed by atoms with Crippen molar-refractivity contribution >= 4 is 16.8 Å². The van der Waals surface area contributed by atoms with Crippen LogP contribution in [0.5, 0.6) is 0 Å². The second-order valence-electron chi connectivity index (χ2n) is 5.64. The van der Waals surface area contributed by atoms with Gasteiger partial charge in [0.25, 0.3) is 0 Å². The Balaban J connectivity index is 1.50. The van der Waals surface area contributed by atoms with Crippen LogP contribution in [0.1, 0.15) is 18.4 Å². The van der Waals surface area contributed by atoms with Gasteiger partial charge in [-0.2, -0.15) is 0 Å². The van der Waals surface area contributed by atoms with Gasteiger partial charge in [-0.15, -0.1) is 0 Å². The average Bonchev–Trinajstić information content (AvgIpc) is 3.13. The molecule has 0 saturated carbocycles. The number of carbonyl (C=O) groups is 1. The van der Waals surface area contributed by atoms with E-state index in [4.69, 9.17) is 5.11 Å². The monoisotopic (exact) mass is 284 g/mol. The Hall–Kier alpha value is -2.07. The first kappa shape index (κ1) is 13.9. The van der Waals surface area contributed by atoms with Gasteiger partial charge < -0.3 is 15.4 Å². The number of nitrogens with one attached hydrogen (secondary N) is 2. The molecule has 1 aromatic carbocycles. The molecular formula is C17H20N2O2. The van der Waals surface area contributed by atoms with Gasteiger partial charge in [0, 0.05) is 36.7 Å². The summed E-state index contributed by atoms with van der Waals surface area (Å²) in [4.78, 5) is 15.1. The molecule has 0 unspecified atom stereocenters. The van der Waals surface area contributed by atoms with E-state index in [9.17, 15) is 4.79 Å². The third-order valence-corrected chi connectivity index (χ3v) is 4.01. The van der Waals surface area contributed by atoms with Gasteiger partial charge in [-0.05, 0) is 42.0 Å². The summed E-state index contributed by atoms with van der Waals surface area (Å²) in [7, 11) is 0. The molecule has 2 atom stereocenters. The van der Waals surface area contributed by atoms with E-state index in [0.717, 1.165) is 18.4 Å². The molecule has 4 heteroatoms. The van der Waals surface area contributed by atoms with Crippen molar-refractivity contribution in [3.8, 4) is 0 Å². The first-order valence-electron chi connectivity index (χ1n) is 7.39. The fraction of sp³-hybridized carbons (Fsp3) is 0.353. The van der Waals surface area contributed by atoms with Crippen LogP contribution in [0.4, 0.5) is 0 Å². The van der Waals surface area contributed by atoms with Crippen LogP contribution in [0.25, 0.3) is 10.9 Å². The molecule has 1 aliphatic carbocycles. The molecule has 0 radical (unpaired) electrons. The van der Waals surface area contributed by atoms with E-state index in [1.54, 1.807) is 0 Å². The molecule has 1 heterocycles. The second kappa shape index (κ2) is 6.14. The summed E-state index contributed by atoms with van der Waals surface area (Å²) >= 11 is 0. The molecule has 2 aromatic rings. The molecule has 110 valence electrons. The van der Waals surface area contributed by atoms with Crippen molar-refractivity contribution in [2.24, 2.45) is 5.92 Å². The van der Waals surface area contributed by atoms with Crippen LogP contribution in [0.3, 0.4) is 0 Å². The minimum atomic E-state index is 0.0670. The number of aliphatic hydroxyl groups is 1. The second-order valence-corrected chi connectivity index (χ2v) is 5.64. The number of benzene rings is 1. The number of aryl methyl sites for hydroxylation is 1. The Kier molecular flexibility index (Phi) is 4.06. The van der Waals surface area contributed by atoms with E-state index in [-0.39, 0.29) is 24.5 Å². The number of H-pyrrole nitrogens is 1. The topological polar surface area (TPSA) is 65.1 Å². The van der Waals surface area contributed by atoms with Gasteiger partial charge >= 0.3 is 0 Å². The molecule has 0 fully saturated rings. The molecule has 21 heavy (non-hydrogen) atoms. The Morgan fingerprint density at radius 2 is 2.24 bits per heavy atom. The lowest BCUT2D eigenvalue weighted by atomic mass is 10.1. The highest BCUT2D eigenvalue weighted by atomic mass is 16.3. The van der Waals surface area contributed by atoms with Crippen molar-refractivity contribution in [3.63, 3.8) is 0 Å². The van der Waals surface area contributed by atoms with Gasteiger partial charge in [-0.3, -0.25) is 4.79 Å². The van der Waals surface area contributed by atoms with Crippen molar-refractivity contribution in [1.29, 1.82) is 0 Å². The lowest BCUT2D eigenvalue weighted by Crippen LogP contribution is -2.33. The van der Waals surface area contributed by atoms with Crippen LogP contribution in [0, 0.1) is 5.92 Å². The zero-order valence-electron chi connectivity index (χ0n) is 11.9. The number of hydrogen-bond acceptors (Lipinski definition) is 2. The summed E-state index contributed by atoms with van der Waals surface area (Å²) in [6.45, 7) is 0.152. The molecule has 1 aromatic heterocycles. The summed E-state index contributed by atoms with van der Waals surface area (Å²) < 4.78 is 0. The third-order valence-electron chi connectivity index (χ3n) is 4.01. The predicted octanol–water partition coefficient (Wildman–Crippen LogP) is 2.15. The summed E-state index contributed by atoms with van der Waals surface area (Å²) in [5.74, 6) is 0.253. The zero-order valence-corrected chi connectivity index (χ0v) is 11.9. The largest absolute Gasteiger partial charge is 0.396 e. The normalized spacial score (nSPS) is 21.0. The fourth-order valence-electron chi connectivity index (χ4n) is 2.81. The Labute approximate surface area is 123 Å². The van der Waals surface area contributed by atoms with Crippen LogP contribution in [0.15, 0.2) is 42.6 Å². The fourth-order valence-corrected chi connectivity index (χ4v) is 2.81. The highest BCUT2D eigenvalue weighted by molar-refractivity contribution is 5.80. The summed E-state index contributed by atoms with van der Waals surface area (Å²) in [6, 6.07) is 8.34. The van der Waals surface area contributed by atoms with E-state index >= 15 is 0 Å². The minimum Gasteiger partial charge on any atom is -0.396 e. The van der Waals surface area contributed by atoms with Gasteiger partial charge in [0.1, 0.15) is 0 Å². The lowest BCUT2D eigenvalue weighted by Gasteiger charge is -2.12. The highest BCUT2D eigenvalue weighted by Crippen LogP contribution is 2.18. The Morgan fingerprint density at radius 3 is 3.05 bits per heavy atom. The van der Waals surface area contributed by atoms with Crippen LogP contribution < -0.4 is 5.32 Å². The molecule has 3 rings (SSSR count). The molecule has 0 aliphatic heterocycles. The molecule has 3 N–H and O–H groups in total. The van der Waals surface area contributed by atoms with Crippen LogP contribution in [-0.4, -0.2) is 28.6 Å². The van der Waals surface area contributed by atoms with Gasteiger partial charge in [-0.25, -0.2) is 0 Å². The SMILES string of the molecule is O=C(CCc1ccc2[nH]ccc2c1)N[C@@H]1C=C[C@H](CO)C1. The quantitative estimate of drug-likeness (QED) is 0.737. The van der Waals surface area contributed by atoms with Gasteiger partial charge in [0.2, 0.25) is 5.91 Å². The lowest BCUT2D eigenvalue weighted by molar-refractivity contribution is -0.121. The third kappa shape index (κ3) is 3.34. The van der Waals surface area contributed by atoms with E-state index in [1.165, 1.54) is 10.9 Å². The van der Waals surface area contributed by atoms with E-state index < -0.39 is 0 Å². The maximum atomic E-state index is 12.0. The molecular weight excluding hydrogens is 264 g/mol. The van der Waals surface area contributed by atoms with Crippen LogP contribution in [-0.2, 0) is 11.2 Å². The first-order chi connectivity index (χ1) is 10.2. The number of aromatic amines is 1. The number of rotatable bonds is 5. The van der Waals surface area contributed by atoms with Gasteiger partial charge in [0.05, 0.1) is 0 Å². The van der Waals surface area contributed by atoms with Crippen molar-refractivity contribution < 1.29 is 9.90 Å². The van der Waals surface area contributed by atoms with Crippen molar-refractivity contribution in [2.45, 2.75) is 25.3 Å². The number of aromatic nitrogens is 1. The minimum absolute atomic E-state index is 0.0670. The Morgan fingerprint density at radius 1 is 1.33 bits per heavy atom. The maximum Gasteiger partial charge on any atom is 0.220 e. The molecule has 1 aliphatic rings. The standard InChI is InChI=1S/C17H20N2O2/c20-11-13-1-4-15(10-13)19-17(21)6-3-12-2-5-16-14(9-12)7-8-18-16/h1-2,4-5,7-9,13,15,18,20H,3,6,10-11H2,(H,19,21)/t13-,15+/m0/s1. The molecule has 4 nitrogen and oxygen atoms in total. The van der Waals surface area contributed by atoms with Crippen LogP contribution >= 0.6 is 0 Å². The number of carbonyl (C=O) groups excluding carboxylic acids is 1. The first-order valence-corrected chi connectivity index (χ1v) is 7.39. The van der Waals surface area contributed by atoms with E-state index in [1.807, 2.05) is 30.5 Å². The number of aliphatic hydroxyl groups excluding tert-OH is 1. The Bertz CT molecular complexity index is 660. The predicted molar refractivity (Wildman–Crippen MR) is 82.9 cm³/mol. The molecule has 0 spiro atoms. The molecule has 1 amide bonds. The van der Waals surface area contributed by atoms with Gasteiger partial charge in [0.15, 0.2) is 0 Å². The smallest absolute Gasteiger partial charge is 0.220 e. The molecule has 0 bridgehead atoms. The number of amides is 1. The number of fused-ring (bicyclic) bond motifs is 1. The van der Waals surface area contributed by atoms with Crippen molar-refractivity contribution in [1.82, 2.24) is 10.3 Å². The summed E-state index contributed by atoms with van der Waals surface area (Å²) in [6.07, 6.45) is 7.91. The summed E-state index contributed by atoms with van der Waals surface area (Å²) in [5.41, 5.74) is 2.29. The van der Waals surface area contributed by atoms with Crippen LogP contribution in [0.2, 0.25) is 0 Å². The summed E-state index contributed by atoms with van der Waals surface area (Å²) in [5, 5.41) is 13.3. The highest BCUT2D eigenvalue weighted by Gasteiger charge is 2.19.